The van der Waals surface area contributed by atoms with E-state index < -0.39 is 0 Å². The zero-order valence-electron chi connectivity index (χ0n) is 9.58. The third-order valence-electron chi connectivity index (χ3n) is 3.28. The van der Waals surface area contributed by atoms with Crippen LogP contribution < -0.4 is 5.32 Å². The molecule has 2 rings (SSSR count). The average Bonchev–Trinajstić information content (AvgIpc) is 3.07. The lowest BCUT2D eigenvalue weighted by Crippen LogP contribution is -2.42. The van der Waals surface area contributed by atoms with Gasteiger partial charge in [0.05, 0.1) is 6.07 Å². The van der Waals surface area contributed by atoms with Gasteiger partial charge in [-0.2, -0.15) is 5.26 Å². The second-order valence-corrected chi connectivity index (χ2v) is 4.87. The molecule has 0 aromatic rings. The van der Waals surface area contributed by atoms with Crippen LogP contribution in [0.1, 0.15) is 32.6 Å². The molecule has 1 atom stereocenters. The van der Waals surface area contributed by atoms with Crippen LogP contribution in [0, 0.1) is 17.2 Å². The van der Waals surface area contributed by atoms with Gasteiger partial charge in [0.1, 0.15) is 6.04 Å². The van der Waals surface area contributed by atoms with Gasteiger partial charge in [-0.3, -0.25) is 4.90 Å². The highest BCUT2D eigenvalue weighted by Gasteiger charge is 2.34. The van der Waals surface area contributed by atoms with Crippen LogP contribution in [0.2, 0.25) is 0 Å². The Morgan fingerprint density at radius 3 is 2.60 bits per heavy atom. The number of hydrogen-bond donors (Lipinski definition) is 1. The van der Waals surface area contributed by atoms with Gasteiger partial charge in [-0.15, -0.1) is 0 Å². The summed E-state index contributed by atoms with van der Waals surface area (Å²) >= 11 is 0. The lowest BCUT2D eigenvalue weighted by Gasteiger charge is -2.24. The zero-order valence-corrected chi connectivity index (χ0v) is 9.58. The Morgan fingerprint density at radius 2 is 2.13 bits per heavy atom. The molecule has 15 heavy (non-hydrogen) atoms. The lowest BCUT2D eigenvalue weighted by molar-refractivity contribution is 0.239. The van der Waals surface area contributed by atoms with Crippen molar-refractivity contribution in [1.82, 2.24) is 10.2 Å². The second-order valence-electron chi connectivity index (χ2n) is 4.87. The smallest absolute Gasteiger partial charge is 0.108 e. The molecule has 0 aromatic carbocycles. The maximum Gasteiger partial charge on any atom is 0.108 e. The van der Waals surface area contributed by atoms with Crippen molar-refractivity contribution in [3.05, 3.63) is 0 Å². The summed E-state index contributed by atoms with van der Waals surface area (Å²) in [7, 11) is 0. The Balaban J connectivity index is 1.78. The molecular formula is C12H21N3. The average molecular weight is 207 g/mol. The minimum Gasteiger partial charge on any atom is -0.301 e. The third kappa shape index (κ3) is 3.48. The number of nitrogens with zero attached hydrogens (tertiary/aromatic N) is 2. The predicted octanol–water partition coefficient (Wildman–Crippen LogP) is 1.36. The van der Waals surface area contributed by atoms with E-state index in [-0.39, 0.29) is 6.04 Å². The first-order valence-electron chi connectivity index (χ1n) is 6.20. The van der Waals surface area contributed by atoms with Crippen molar-refractivity contribution in [1.29, 1.82) is 5.26 Å². The molecule has 3 heteroatoms. The summed E-state index contributed by atoms with van der Waals surface area (Å²) in [5, 5.41) is 12.3. The molecule has 2 fully saturated rings. The van der Waals surface area contributed by atoms with Crippen molar-refractivity contribution in [3.8, 4) is 6.07 Å². The number of likely N-dealkylation sites (N-methyl/N-ethyl adjacent to an activating group) is 1. The van der Waals surface area contributed by atoms with Gasteiger partial charge < -0.3 is 5.32 Å². The molecule has 0 bridgehead atoms. The Bertz CT molecular complexity index is 238. The molecule has 0 aromatic heterocycles. The van der Waals surface area contributed by atoms with Gasteiger partial charge in [0.25, 0.3) is 0 Å². The molecule has 0 aliphatic heterocycles. The maximum absolute atomic E-state index is 9.02. The van der Waals surface area contributed by atoms with Gasteiger partial charge in [0.15, 0.2) is 0 Å². The summed E-state index contributed by atoms with van der Waals surface area (Å²) in [5.41, 5.74) is 0. The molecule has 1 N–H and O–H groups in total. The number of nitriles is 1. The van der Waals surface area contributed by atoms with Crippen LogP contribution in [0.5, 0.6) is 0 Å². The number of rotatable bonds is 7. The molecule has 2 aliphatic rings. The van der Waals surface area contributed by atoms with E-state index in [9.17, 15) is 0 Å². The van der Waals surface area contributed by atoms with Crippen molar-refractivity contribution < 1.29 is 0 Å². The van der Waals surface area contributed by atoms with Crippen LogP contribution in [0.4, 0.5) is 0 Å². The molecule has 3 nitrogen and oxygen atoms in total. The van der Waals surface area contributed by atoms with E-state index in [1.165, 1.54) is 32.2 Å². The lowest BCUT2D eigenvalue weighted by atomic mass is 10.2. The van der Waals surface area contributed by atoms with Crippen LogP contribution in [-0.2, 0) is 0 Å². The highest BCUT2D eigenvalue weighted by Crippen LogP contribution is 2.34. The summed E-state index contributed by atoms with van der Waals surface area (Å²) in [6.45, 7) is 5.10. The largest absolute Gasteiger partial charge is 0.301 e. The molecule has 1 unspecified atom stereocenters. The fourth-order valence-electron chi connectivity index (χ4n) is 2.08. The minimum atomic E-state index is 0.0225. The summed E-state index contributed by atoms with van der Waals surface area (Å²) in [6.07, 6.45) is 5.50. The second kappa shape index (κ2) is 4.96. The van der Waals surface area contributed by atoms with E-state index in [2.05, 4.69) is 23.2 Å². The van der Waals surface area contributed by atoms with E-state index in [1.54, 1.807) is 0 Å². The molecule has 0 saturated heterocycles. The number of nitrogens with one attached hydrogen (secondary N) is 1. The molecule has 0 heterocycles. The van der Waals surface area contributed by atoms with E-state index in [0.29, 0.717) is 0 Å². The van der Waals surface area contributed by atoms with Gasteiger partial charge in [-0.05, 0) is 38.1 Å². The van der Waals surface area contributed by atoms with Crippen LogP contribution in [-0.4, -0.2) is 36.6 Å². The van der Waals surface area contributed by atoms with Gasteiger partial charge in [0.2, 0.25) is 0 Å². The molecule has 2 saturated carbocycles. The summed E-state index contributed by atoms with van der Waals surface area (Å²) < 4.78 is 0. The van der Waals surface area contributed by atoms with E-state index >= 15 is 0 Å². The van der Waals surface area contributed by atoms with E-state index in [0.717, 1.165) is 25.0 Å². The highest BCUT2D eigenvalue weighted by molar-refractivity contribution is 4.96. The summed E-state index contributed by atoms with van der Waals surface area (Å²) in [5.74, 6) is 0.937. The summed E-state index contributed by atoms with van der Waals surface area (Å²) in [6, 6.07) is 3.17. The van der Waals surface area contributed by atoms with Crippen molar-refractivity contribution in [2.45, 2.75) is 44.7 Å². The van der Waals surface area contributed by atoms with Gasteiger partial charge in [-0.25, -0.2) is 0 Å². The minimum absolute atomic E-state index is 0.0225. The van der Waals surface area contributed by atoms with E-state index in [1.807, 2.05) is 0 Å². The molecule has 2 aliphatic carbocycles. The molecular weight excluding hydrogens is 186 g/mol. The first-order valence-corrected chi connectivity index (χ1v) is 6.20. The third-order valence-corrected chi connectivity index (χ3v) is 3.28. The Hall–Kier alpha value is -0.590. The molecule has 84 valence electrons. The van der Waals surface area contributed by atoms with Crippen LogP contribution in [0.3, 0.4) is 0 Å². The maximum atomic E-state index is 9.02. The van der Waals surface area contributed by atoms with Crippen LogP contribution in [0.25, 0.3) is 0 Å². The fourth-order valence-corrected chi connectivity index (χ4v) is 2.08. The summed E-state index contributed by atoms with van der Waals surface area (Å²) in [4.78, 5) is 2.54. The Kier molecular flexibility index (Phi) is 3.61. The Labute approximate surface area is 92.4 Å². The topological polar surface area (TPSA) is 39.1 Å². The quantitative estimate of drug-likeness (QED) is 0.685. The Morgan fingerprint density at radius 1 is 1.40 bits per heavy atom. The first-order chi connectivity index (χ1) is 7.33. The van der Waals surface area contributed by atoms with Crippen molar-refractivity contribution >= 4 is 0 Å². The van der Waals surface area contributed by atoms with Gasteiger partial charge in [0, 0.05) is 19.1 Å². The fraction of sp³-hybridized carbons (Fsp3) is 0.917. The number of hydrogen-bond acceptors (Lipinski definition) is 3. The van der Waals surface area contributed by atoms with Crippen LogP contribution in [0.15, 0.2) is 0 Å². The highest BCUT2D eigenvalue weighted by atomic mass is 15.2. The van der Waals surface area contributed by atoms with Crippen molar-refractivity contribution in [2.75, 3.05) is 19.6 Å². The van der Waals surface area contributed by atoms with Gasteiger partial charge >= 0.3 is 0 Å². The SMILES string of the molecule is CCNC(C#N)CN(CC1CC1)C1CC1. The van der Waals surface area contributed by atoms with Crippen molar-refractivity contribution in [3.63, 3.8) is 0 Å². The zero-order chi connectivity index (χ0) is 10.7. The monoisotopic (exact) mass is 207 g/mol. The van der Waals surface area contributed by atoms with Crippen LogP contribution >= 0.6 is 0 Å². The van der Waals surface area contributed by atoms with Crippen molar-refractivity contribution in [2.24, 2.45) is 5.92 Å². The van der Waals surface area contributed by atoms with Gasteiger partial charge in [-0.1, -0.05) is 6.92 Å². The standard InChI is InChI=1S/C12H21N3/c1-2-14-11(7-13)9-15(12-5-6-12)8-10-3-4-10/h10-12,14H,2-6,8-9H2,1H3. The molecule has 0 amide bonds. The normalized spacial score (nSPS) is 22.7. The predicted molar refractivity (Wildman–Crippen MR) is 60.4 cm³/mol. The first kappa shape index (κ1) is 10.9. The molecule has 0 spiro atoms. The van der Waals surface area contributed by atoms with E-state index in [4.69, 9.17) is 5.26 Å². The molecule has 0 radical (unpaired) electrons.